The van der Waals surface area contributed by atoms with Gasteiger partial charge in [-0.25, -0.2) is 0 Å². The van der Waals surface area contributed by atoms with Crippen molar-refractivity contribution in [2.75, 3.05) is 48.8 Å². The molecule has 55 heavy (non-hydrogen) atoms. The lowest BCUT2D eigenvalue weighted by Gasteiger charge is -2.26. The summed E-state index contributed by atoms with van der Waals surface area (Å²) >= 11 is 0. The van der Waals surface area contributed by atoms with E-state index in [4.69, 9.17) is 49.4 Å². The van der Waals surface area contributed by atoms with Crippen LogP contribution in [0.15, 0.2) is 37.0 Å². The van der Waals surface area contributed by atoms with Gasteiger partial charge in [0.05, 0.1) is 88.9 Å². The molecule has 0 aromatic rings. The molecule has 16 atom stereocenters. The summed E-state index contributed by atoms with van der Waals surface area (Å²) in [6.45, 7) is 21.9. The SMILES string of the molecule is C=C(OC)[C@H]1O[C@@H](C)CC1O.C=C(OC)[C@H]1O[C@@H](C)CC1O.C=C(OC)[C@H]1O[C@@H](C)CC1O.COC[C@@H]1C(O)C[C@H](C)C1N.COC[C@@]1(N)C[C@@H](C)CC1O. The van der Waals surface area contributed by atoms with Gasteiger partial charge in [-0.2, -0.15) is 0 Å². The fraction of sp³-hybridized carbons (Fsp3) is 0.850. The summed E-state index contributed by atoms with van der Waals surface area (Å²) < 4.78 is 40.6. The number of nitrogens with two attached hydrogens (primary N) is 2. The molecule has 5 fully saturated rings. The first kappa shape index (κ1) is 51.2. The lowest BCUT2D eigenvalue weighted by molar-refractivity contribution is 0.00832. The number of methoxy groups -OCH3 is 5. The molecule has 324 valence electrons. The van der Waals surface area contributed by atoms with Crippen LogP contribution in [0.25, 0.3) is 0 Å². The second kappa shape index (κ2) is 24.8. The summed E-state index contributed by atoms with van der Waals surface area (Å²) in [7, 11) is 7.84. The Bertz CT molecular complexity index is 1050. The van der Waals surface area contributed by atoms with Gasteiger partial charge in [0.25, 0.3) is 0 Å². The Morgan fingerprint density at radius 3 is 1.22 bits per heavy atom. The van der Waals surface area contributed by atoms with E-state index in [2.05, 4.69) is 33.6 Å². The van der Waals surface area contributed by atoms with E-state index in [9.17, 15) is 25.5 Å². The molecule has 5 rings (SSSR count). The molecule has 0 spiro atoms. The molecule has 5 aliphatic rings. The van der Waals surface area contributed by atoms with Gasteiger partial charge in [-0.3, -0.25) is 0 Å². The van der Waals surface area contributed by atoms with Crippen LogP contribution in [0.3, 0.4) is 0 Å². The zero-order valence-electron chi connectivity index (χ0n) is 35.1. The van der Waals surface area contributed by atoms with Gasteiger partial charge in [0.2, 0.25) is 0 Å². The maximum atomic E-state index is 9.54. The van der Waals surface area contributed by atoms with Crippen molar-refractivity contribution in [2.24, 2.45) is 29.2 Å². The Labute approximate surface area is 329 Å². The molecule has 3 saturated heterocycles. The van der Waals surface area contributed by atoms with E-state index in [0.29, 0.717) is 61.6 Å². The second-order valence-electron chi connectivity index (χ2n) is 15.7. The Morgan fingerprint density at radius 1 is 0.618 bits per heavy atom. The van der Waals surface area contributed by atoms with Gasteiger partial charge in [0.15, 0.2) is 0 Å². The smallest absolute Gasteiger partial charge is 0.140 e. The third-order valence-electron chi connectivity index (χ3n) is 10.7. The van der Waals surface area contributed by atoms with Crippen LogP contribution in [0, 0.1) is 17.8 Å². The minimum absolute atomic E-state index is 0.0990. The standard InChI is InChI=1S/2C8H17NO2.3C8H14O3/c1-6-3-7(10)8(9,4-6)5-11-2;1-5-3-7(10)6(4-11-2)8(5)9;3*1-5-4-7(9)8(11-5)6(2)10-3/h6-7,10H,3-5,9H2,1-2H3;5-8,10H,3-4,9H2,1-2H3;3*5,7-9H,2,4H2,1,3H3/t6-,7?,8-;5-,6+,7?,8?;3*5-,7?,8+/m00000/s1. The second-order valence-corrected chi connectivity index (χ2v) is 15.7. The van der Waals surface area contributed by atoms with Crippen LogP contribution in [-0.2, 0) is 37.9 Å². The van der Waals surface area contributed by atoms with E-state index >= 15 is 0 Å². The number of hydrogen-bond acceptors (Lipinski definition) is 15. The van der Waals surface area contributed by atoms with Crippen LogP contribution in [0.4, 0.5) is 0 Å². The minimum Gasteiger partial charge on any atom is -0.499 e. The summed E-state index contributed by atoms with van der Waals surface area (Å²) in [5.41, 5.74) is 11.3. The summed E-state index contributed by atoms with van der Waals surface area (Å²) in [5, 5.41) is 47.2. The Kier molecular flexibility index (Phi) is 23.1. The van der Waals surface area contributed by atoms with Crippen molar-refractivity contribution in [3.05, 3.63) is 37.0 Å². The molecule has 2 aliphatic carbocycles. The quantitative estimate of drug-likeness (QED) is 0.157. The van der Waals surface area contributed by atoms with Gasteiger partial charge in [-0.05, 0) is 51.9 Å². The number of rotatable bonds is 10. The first-order valence-electron chi connectivity index (χ1n) is 19.3. The zero-order chi connectivity index (χ0) is 42.2. The van der Waals surface area contributed by atoms with Crippen molar-refractivity contribution < 1.29 is 63.4 Å². The number of aliphatic hydroxyl groups is 5. The molecular formula is C40H76N2O13. The third kappa shape index (κ3) is 16.1. The van der Waals surface area contributed by atoms with Crippen LogP contribution in [0.1, 0.15) is 73.1 Å². The Hall–Kier alpha value is -1.86. The van der Waals surface area contributed by atoms with Crippen molar-refractivity contribution >= 4 is 0 Å². The minimum atomic E-state index is -0.492. The first-order chi connectivity index (χ1) is 25.7. The van der Waals surface area contributed by atoms with Crippen molar-refractivity contribution in [3.63, 3.8) is 0 Å². The fourth-order valence-electron chi connectivity index (χ4n) is 7.51. The molecule has 0 aromatic carbocycles. The highest BCUT2D eigenvalue weighted by Gasteiger charge is 2.42. The first-order valence-corrected chi connectivity index (χ1v) is 19.3. The number of aliphatic hydroxyl groups excluding tert-OH is 5. The van der Waals surface area contributed by atoms with Crippen LogP contribution in [0.5, 0.6) is 0 Å². The topological polar surface area (TPSA) is 227 Å². The molecule has 6 unspecified atom stereocenters. The lowest BCUT2D eigenvalue weighted by atomic mass is 9.97. The summed E-state index contributed by atoms with van der Waals surface area (Å²) in [5.74, 6) is 2.58. The predicted octanol–water partition coefficient (Wildman–Crippen LogP) is 2.15. The molecule has 15 heteroatoms. The van der Waals surface area contributed by atoms with Gasteiger partial charge >= 0.3 is 0 Å². The molecular weight excluding hydrogens is 716 g/mol. The molecule has 9 N–H and O–H groups in total. The number of ether oxygens (including phenoxy) is 8. The largest absolute Gasteiger partial charge is 0.499 e. The highest BCUT2D eigenvalue weighted by atomic mass is 16.6. The monoisotopic (exact) mass is 793 g/mol. The summed E-state index contributed by atoms with van der Waals surface area (Å²) in [6, 6.07) is 0.102. The van der Waals surface area contributed by atoms with Crippen molar-refractivity contribution in [1.29, 1.82) is 0 Å². The summed E-state index contributed by atoms with van der Waals surface area (Å²) in [6.07, 6.45) is 1.71. The van der Waals surface area contributed by atoms with E-state index < -0.39 is 30.0 Å². The van der Waals surface area contributed by atoms with Gasteiger partial charge in [0, 0.05) is 45.4 Å². The average Bonchev–Trinajstić information content (AvgIpc) is 3.89. The van der Waals surface area contributed by atoms with Crippen LogP contribution in [-0.4, -0.2) is 153 Å². The molecule has 3 heterocycles. The third-order valence-corrected chi connectivity index (χ3v) is 10.7. The summed E-state index contributed by atoms with van der Waals surface area (Å²) in [4.78, 5) is 0. The highest BCUT2D eigenvalue weighted by Crippen LogP contribution is 2.33. The van der Waals surface area contributed by atoms with Crippen molar-refractivity contribution in [2.45, 2.75) is 152 Å². The maximum Gasteiger partial charge on any atom is 0.140 e. The lowest BCUT2D eigenvalue weighted by Crippen LogP contribution is -2.50. The molecule has 3 aliphatic heterocycles. The molecule has 2 saturated carbocycles. The van der Waals surface area contributed by atoms with E-state index in [1.54, 1.807) is 14.2 Å². The van der Waals surface area contributed by atoms with Crippen molar-refractivity contribution in [1.82, 2.24) is 0 Å². The van der Waals surface area contributed by atoms with Crippen LogP contribution in [0.2, 0.25) is 0 Å². The van der Waals surface area contributed by atoms with Crippen LogP contribution < -0.4 is 11.5 Å². The van der Waals surface area contributed by atoms with Crippen molar-refractivity contribution in [3.8, 4) is 0 Å². The predicted molar refractivity (Wildman–Crippen MR) is 210 cm³/mol. The van der Waals surface area contributed by atoms with Gasteiger partial charge in [-0.15, -0.1) is 0 Å². The van der Waals surface area contributed by atoms with E-state index in [1.807, 2.05) is 20.8 Å². The highest BCUT2D eigenvalue weighted by molar-refractivity contribution is 5.02. The molecule has 0 amide bonds. The molecule has 0 bridgehead atoms. The van der Waals surface area contributed by atoms with Gasteiger partial charge in [0.1, 0.15) is 35.6 Å². The maximum absolute atomic E-state index is 9.54. The molecule has 15 nitrogen and oxygen atoms in total. The Balaban J connectivity index is 0.000000344. The Morgan fingerprint density at radius 2 is 1.00 bits per heavy atom. The number of hydrogen-bond donors (Lipinski definition) is 7. The normalized spacial score (nSPS) is 40.2. The average molecular weight is 793 g/mol. The zero-order valence-corrected chi connectivity index (χ0v) is 35.1. The van der Waals surface area contributed by atoms with Gasteiger partial charge < -0.3 is 74.9 Å². The molecule has 0 radical (unpaired) electrons. The van der Waals surface area contributed by atoms with E-state index in [0.717, 1.165) is 19.3 Å². The van der Waals surface area contributed by atoms with Crippen LogP contribution >= 0.6 is 0 Å². The van der Waals surface area contributed by atoms with E-state index in [-0.39, 0.29) is 54.7 Å². The van der Waals surface area contributed by atoms with E-state index in [1.165, 1.54) is 21.3 Å². The fourth-order valence-corrected chi connectivity index (χ4v) is 7.51. The van der Waals surface area contributed by atoms with Gasteiger partial charge in [-0.1, -0.05) is 33.6 Å². The molecule has 0 aromatic heterocycles.